The van der Waals surface area contributed by atoms with Crippen molar-refractivity contribution in [2.75, 3.05) is 6.61 Å². The summed E-state index contributed by atoms with van der Waals surface area (Å²) in [5, 5.41) is 0. The van der Waals surface area contributed by atoms with Crippen LogP contribution in [0.25, 0.3) is 11.2 Å². The summed E-state index contributed by atoms with van der Waals surface area (Å²) in [6.07, 6.45) is 0. The molecule has 17 heavy (non-hydrogen) atoms. The lowest BCUT2D eigenvalue weighted by Crippen LogP contribution is -2.30. The van der Waals surface area contributed by atoms with Crippen LogP contribution in [-0.4, -0.2) is 33.6 Å². The van der Waals surface area contributed by atoms with Crippen molar-refractivity contribution >= 4 is 24.7 Å². The van der Waals surface area contributed by atoms with Crippen molar-refractivity contribution in [2.45, 2.75) is 13.7 Å². The average molecular weight is 236 g/mol. The lowest BCUT2D eigenvalue weighted by atomic mass is 10.1. The molecule has 0 aliphatic carbocycles. The zero-order valence-electron chi connectivity index (χ0n) is 9.98. The zero-order chi connectivity index (χ0) is 12.6. The molecular weight excluding hydrogens is 223 g/mol. The molecule has 90 valence electrons. The van der Waals surface area contributed by atoms with Gasteiger partial charge in [-0.3, -0.25) is 14.3 Å². The molecule has 1 N–H and O–H groups in total. The molecule has 2 aromatic rings. The van der Waals surface area contributed by atoms with Crippen LogP contribution >= 0.6 is 0 Å². The molecule has 0 radical (unpaired) electrons. The summed E-state index contributed by atoms with van der Waals surface area (Å²) in [7, 11) is 3.33. The van der Waals surface area contributed by atoms with E-state index in [0.29, 0.717) is 23.5 Å². The second kappa shape index (κ2) is 4.21. The number of rotatable bonds is 3. The first-order valence-electron chi connectivity index (χ1n) is 5.30. The fourth-order valence-electron chi connectivity index (χ4n) is 1.68. The van der Waals surface area contributed by atoms with E-state index in [1.54, 1.807) is 19.5 Å². The molecular formula is C9H13BN4O3. The molecule has 0 aromatic carbocycles. The highest BCUT2D eigenvalue weighted by molar-refractivity contribution is 6.30. The van der Waals surface area contributed by atoms with Gasteiger partial charge < -0.3 is 9.30 Å². The maximum Gasteiger partial charge on any atom is 0.329 e. The maximum atomic E-state index is 11.8. The Kier molecular flexibility index (Phi) is 2.89. The van der Waals surface area contributed by atoms with Crippen LogP contribution in [0.2, 0.25) is 0 Å². The normalized spacial score (nSPS) is 11.2. The summed E-state index contributed by atoms with van der Waals surface area (Å²) in [5.41, 5.74) is 0.459. The number of aryl methyl sites for hydroxylation is 1. The Balaban J connectivity index is 2.78. The van der Waals surface area contributed by atoms with Gasteiger partial charge in [0.2, 0.25) is 0 Å². The minimum absolute atomic E-state index is 0.250. The summed E-state index contributed by atoms with van der Waals surface area (Å²) >= 11 is 0. The number of H-pyrrole nitrogens is 1. The summed E-state index contributed by atoms with van der Waals surface area (Å²) in [6, 6.07) is 0. The van der Waals surface area contributed by atoms with E-state index in [1.807, 2.05) is 6.92 Å². The summed E-state index contributed by atoms with van der Waals surface area (Å²) in [5.74, 6) is 0. The van der Waals surface area contributed by atoms with Crippen molar-refractivity contribution in [3.63, 3.8) is 0 Å². The third kappa shape index (κ3) is 1.80. The number of aromatic amines is 1. The molecule has 0 aliphatic heterocycles. The van der Waals surface area contributed by atoms with Gasteiger partial charge in [0.05, 0.1) is 5.72 Å². The van der Waals surface area contributed by atoms with Crippen LogP contribution in [0.15, 0.2) is 9.59 Å². The van der Waals surface area contributed by atoms with E-state index in [2.05, 4.69) is 9.97 Å². The number of nitrogens with zero attached hydrogens (tertiary/aromatic N) is 3. The fourth-order valence-corrected chi connectivity index (χ4v) is 1.68. The van der Waals surface area contributed by atoms with Crippen LogP contribution in [-0.2, 0) is 18.5 Å². The lowest BCUT2D eigenvalue weighted by Gasteiger charge is -2.05. The Hall–Kier alpha value is -1.83. The van der Waals surface area contributed by atoms with Gasteiger partial charge >= 0.3 is 5.69 Å². The first-order valence-corrected chi connectivity index (χ1v) is 5.30. The van der Waals surface area contributed by atoms with Crippen molar-refractivity contribution in [3.8, 4) is 0 Å². The van der Waals surface area contributed by atoms with Crippen molar-refractivity contribution in [2.24, 2.45) is 7.05 Å². The van der Waals surface area contributed by atoms with Crippen molar-refractivity contribution in [3.05, 3.63) is 20.8 Å². The highest BCUT2D eigenvalue weighted by Crippen LogP contribution is 2.02. The molecule has 0 fully saturated rings. The number of imidazole rings is 1. The molecule has 0 unspecified atom stereocenters. The Morgan fingerprint density at radius 3 is 2.82 bits per heavy atom. The minimum atomic E-state index is -0.469. The van der Waals surface area contributed by atoms with Crippen LogP contribution in [0.4, 0.5) is 0 Å². The van der Waals surface area contributed by atoms with Gasteiger partial charge in [-0.1, -0.05) is 0 Å². The second-order valence-electron chi connectivity index (χ2n) is 3.70. The van der Waals surface area contributed by atoms with Crippen LogP contribution in [0, 0.1) is 0 Å². The highest BCUT2D eigenvalue weighted by atomic mass is 16.5. The van der Waals surface area contributed by atoms with Gasteiger partial charge in [-0.2, -0.15) is 0 Å². The molecule has 0 atom stereocenters. The van der Waals surface area contributed by atoms with Crippen molar-refractivity contribution in [1.29, 1.82) is 0 Å². The Labute approximate surface area is 97.4 Å². The van der Waals surface area contributed by atoms with E-state index in [4.69, 9.17) is 4.74 Å². The molecule has 0 saturated heterocycles. The predicted octanol–water partition coefficient (Wildman–Crippen LogP) is -2.32. The van der Waals surface area contributed by atoms with E-state index >= 15 is 0 Å². The predicted molar refractivity (Wildman–Crippen MR) is 65.4 cm³/mol. The maximum absolute atomic E-state index is 11.8. The quantitative estimate of drug-likeness (QED) is 0.606. The smallest absolute Gasteiger partial charge is 0.329 e. The van der Waals surface area contributed by atoms with Gasteiger partial charge in [0.25, 0.3) is 5.56 Å². The first-order chi connectivity index (χ1) is 8.06. The van der Waals surface area contributed by atoms with Gasteiger partial charge in [-0.05, 0) is 6.92 Å². The van der Waals surface area contributed by atoms with Gasteiger partial charge in [-0.15, -0.1) is 0 Å². The molecule has 0 saturated carbocycles. The van der Waals surface area contributed by atoms with Gasteiger partial charge in [-0.25, -0.2) is 9.78 Å². The van der Waals surface area contributed by atoms with Crippen LogP contribution in [0.1, 0.15) is 6.92 Å². The van der Waals surface area contributed by atoms with Gasteiger partial charge in [0.1, 0.15) is 6.73 Å². The Morgan fingerprint density at radius 1 is 1.47 bits per heavy atom. The number of hydrogen-bond donors (Lipinski definition) is 1. The number of ether oxygens (including phenoxy) is 1. The topological polar surface area (TPSA) is 81.9 Å². The number of hydrogen-bond acceptors (Lipinski definition) is 4. The number of fused-ring (bicyclic) bond motifs is 1. The Bertz CT molecular complexity index is 669. The monoisotopic (exact) mass is 236 g/mol. The molecule has 2 heterocycles. The molecule has 7 nitrogen and oxygen atoms in total. The second-order valence-corrected chi connectivity index (χ2v) is 3.70. The zero-order valence-corrected chi connectivity index (χ0v) is 9.98. The SMILES string of the molecule is Bc1nc2c(c(=O)[nH]c(=O)n2C)n1COCC. The number of nitrogens with one attached hydrogen (secondary N) is 1. The molecule has 0 amide bonds. The molecule has 2 rings (SSSR count). The number of aromatic nitrogens is 4. The van der Waals surface area contributed by atoms with E-state index in [1.165, 1.54) is 4.57 Å². The lowest BCUT2D eigenvalue weighted by molar-refractivity contribution is 0.0924. The van der Waals surface area contributed by atoms with Crippen molar-refractivity contribution < 1.29 is 4.74 Å². The minimum Gasteiger partial charge on any atom is -0.361 e. The molecule has 0 bridgehead atoms. The third-order valence-electron chi connectivity index (χ3n) is 2.62. The third-order valence-corrected chi connectivity index (χ3v) is 2.62. The first kappa shape index (κ1) is 11.7. The van der Waals surface area contributed by atoms with E-state index in [-0.39, 0.29) is 6.73 Å². The van der Waals surface area contributed by atoms with Gasteiger partial charge in [0, 0.05) is 13.7 Å². The Morgan fingerprint density at radius 2 is 2.18 bits per heavy atom. The van der Waals surface area contributed by atoms with E-state index < -0.39 is 11.2 Å². The van der Waals surface area contributed by atoms with Crippen LogP contribution < -0.4 is 17.0 Å². The molecule has 8 heteroatoms. The molecule has 2 aromatic heterocycles. The summed E-state index contributed by atoms with van der Waals surface area (Å²) < 4.78 is 8.24. The highest BCUT2D eigenvalue weighted by Gasteiger charge is 2.14. The largest absolute Gasteiger partial charge is 0.361 e. The van der Waals surface area contributed by atoms with Gasteiger partial charge in [0.15, 0.2) is 19.0 Å². The van der Waals surface area contributed by atoms with E-state index in [9.17, 15) is 9.59 Å². The van der Waals surface area contributed by atoms with Crippen LogP contribution in [0.3, 0.4) is 0 Å². The standard InChI is InChI=1S/C9H13BN4O3/c1-3-17-4-14-5-6(11-8(14)10)13(2)9(16)12-7(5)15/h3-4,10H2,1-2H3,(H,12,15,16). The molecule has 0 spiro atoms. The summed E-state index contributed by atoms with van der Waals surface area (Å²) in [6.45, 7) is 2.66. The summed E-state index contributed by atoms with van der Waals surface area (Å²) in [4.78, 5) is 29.6. The fraction of sp³-hybridized carbons (Fsp3) is 0.444. The van der Waals surface area contributed by atoms with Crippen LogP contribution in [0.5, 0.6) is 0 Å². The van der Waals surface area contributed by atoms with Crippen molar-refractivity contribution in [1.82, 2.24) is 19.1 Å². The molecule has 0 aliphatic rings. The average Bonchev–Trinajstić information content (AvgIpc) is 2.61. The van der Waals surface area contributed by atoms with E-state index in [0.717, 1.165) is 0 Å².